The average molecular weight is 449 g/mol. The zero-order chi connectivity index (χ0) is 22.5. The smallest absolute Gasteiger partial charge is 0.263 e. The maximum Gasteiger partial charge on any atom is 0.263 e. The normalized spacial score (nSPS) is 21.8. The molecule has 2 aromatic heterocycles. The average Bonchev–Trinajstić information content (AvgIpc) is 3.42. The summed E-state index contributed by atoms with van der Waals surface area (Å²) < 4.78 is 21.8. The van der Waals surface area contributed by atoms with Gasteiger partial charge >= 0.3 is 0 Å². The van der Waals surface area contributed by atoms with Crippen molar-refractivity contribution in [3.63, 3.8) is 0 Å². The fourth-order valence-electron chi connectivity index (χ4n) is 5.26. The van der Waals surface area contributed by atoms with Crippen molar-refractivity contribution in [2.24, 2.45) is 0 Å². The Morgan fingerprint density at radius 3 is 2.94 bits per heavy atom. The number of aromatic nitrogens is 2. The van der Waals surface area contributed by atoms with Gasteiger partial charge in [-0.25, -0.2) is 9.37 Å². The van der Waals surface area contributed by atoms with Crippen LogP contribution in [0.5, 0.6) is 5.75 Å². The molecule has 33 heavy (non-hydrogen) atoms. The van der Waals surface area contributed by atoms with E-state index in [0.29, 0.717) is 36.3 Å². The highest BCUT2D eigenvalue weighted by molar-refractivity contribution is 5.94. The Kier molecular flexibility index (Phi) is 4.88. The van der Waals surface area contributed by atoms with Gasteiger partial charge in [-0.1, -0.05) is 0 Å². The van der Waals surface area contributed by atoms with Gasteiger partial charge in [0.25, 0.3) is 11.5 Å². The van der Waals surface area contributed by atoms with E-state index in [-0.39, 0.29) is 29.8 Å². The van der Waals surface area contributed by atoms with Crippen LogP contribution in [-0.2, 0) is 17.9 Å². The van der Waals surface area contributed by atoms with Crippen LogP contribution in [0.2, 0.25) is 0 Å². The molecule has 1 fully saturated rings. The molecule has 0 spiro atoms. The minimum atomic E-state index is -0.229. The first kappa shape index (κ1) is 20.3. The Morgan fingerprint density at radius 1 is 1.15 bits per heavy atom. The van der Waals surface area contributed by atoms with Crippen LogP contribution < -0.4 is 20.9 Å². The van der Waals surface area contributed by atoms with E-state index < -0.39 is 0 Å². The van der Waals surface area contributed by atoms with E-state index in [1.807, 2.05) is 12.1 Å². The van der Waals surface area contributed by atoms with Crippen molar-refractivity contribution in [3.05, 3.63) is 63.8 Å². The summed E-state index contributed by atoms with van der Waals surface area (Å²) in [4.78, 5) is 30.7. The summed E-state index contributed by atoms with van der Waals surface area (Å²) >= 11 is 0. The Bertz CT molecular complexity index is 1320. The van der Waals surface area contributed by atoms with E-state index in [9.17, 15) is 14.0 Å². The number of pyridine rings is 2. The number of anilines is 1. The molecule has 2 atom stereocenters. The van der Waals surface area contributed by atoms with E-state index >= 15 is 0 Å². The van der Waals surface area contributed by atoms with Crippen LogP contribution in [-0.4, -0.2) is 52.6 Å². The number of hydrogen-bond donors (Lipinski definition) is 2. The highest BCUT2D eigenvalue weighted by atomic mass is 19.1. The van der Waals surface area contributed by atoms with Crippen LogP contribution in [0.25, 0.3) is 10.9 Å². The SMILES string of the molecule is O=C1COc2ccc(CNC3CCN(CC4Cn5c(=O)ccc6ccc(F)c4c65)C3)nc2N1. The monoisotopic (exact) mass is 449 g/mol. The molecule has 9 heteroatoms. The van der Waals surface area contributed by atoms with Crippen molar-refractivity contribution in [2.75, 3.05) is 31.6 Å². The van der Waals surface area contributed by atoms with Crippen LogP contribution in [0.3, 0.4) is 0 Å². The van der Waals surface area contributed by atoms with Crippen LogP contribution in [0.4, 0.5) is 10.2 Å². The molecule has 6 rings (SSSR count). The lowest BCUT2D eigenvalue weighted by molar-refractivity contribution is -0.118. The Labute approximate surface area is 189 Å². The maximum atomic E-state index is 14.8. The highest BCUT2D eigenvalue weighted by Crippen LogP contribution is 2.35. The zero-order valence-corrected chi connectivity index (χ0v) is 18.0. The molecule has 0 saturated carbocycles. The standard InChI is InChI=1S/C24H24FN5O3/c25-18-4-1-14-2-6-21(32)30-11-15(22(18)23(14)30)10-29-8-7-17(12-29)26-9-16-3-5-19-24(27-16)28-20(31)13-33-19/h1-6,15,17,26H,7-13H2,(H,27,28,31). The third kappa shape index (κ3) is 3.67. The molecule has 0 bridgehead atoms. The largest absolute Gasteiger partial charge is 0.480 e. The molecule has 2 unspecified atom stereocenters. The van der Waals surface area contributed by atoms with Crippen molar-refractivity contribution < 1.29 is 13.9 Å². The number of rotatable bonds is 5. The summed E-state index contributed by atoms with van der Waals surface area (Å²) in [6.45, 7) is 3.61. The van der Waals surface area contributed by atoms with E-state index in [4.69, 9.17) is 4.74 Å². The number of nitrogens with one attached hydrogen (secondary N) is 2. The minimum absolute atomic E-state index is 0.0172. The zero-order valence-electron chi connectivity index (χ0n) is 18.0. The molecule has 2 N–H and O–H groups in total. The summed E-state index contributed by atoms with van der Waals surface area (Å²) in [6, 6.07) is 10.6. The first-order valence-corrected chi connectivity index (χ1v) is 11.3. The van der Waals surface area contributed by atoms with Gasteiger partial charge in [0.05, 0.1) is 11.2 Å². The first-order valence-electron chi connectivity index (χ1n) is 11.3. The minimum Gasteiger partial charge on any atom is -0.480 e. The summed E-state index contributed by atoms with van der Waals surface area (Å²) in [5.41, 5.74) is 2.18. The number of likely N-dealkylation sites (tertiary alicyclic amines) is 1. The third-order valence-corrected chi connectivity index (χ3v) is 6.80. The van der Waals surface area contributed by atoms with Crippen LogP contribution in [0, 0.1) is 5.82 Å². The summed E-state index contributed by atoms with van der Waals surface area (Å²) in [7, 11) is 0. The second-order valence-electron chi connectivity index (χ2n) is 8.99. The predicted molar refractivity (Wildman–Crippen MR) is 121 cm³/mol. The van der Waals surface area contributed by atoms with Gasteiger partial charge < -0.3 is 24.8 Å². The fraction of sp³-hybridized carbons (Fsp3) is 0.375. The Hall–Kier alpha value is -3.30. The van der Waals surface area contributed by atoms with Crippen LogP contribution in [0.1, 0.15) is 23.6 Å². The maximum absolute atomic E-state index is 14.8. The lowest BCUT2D eigenvalue weighted by Crippen LogP contribution is -2.34. The number of amides is 1. The van der Waals surface area contributed by atoms with Gasteiger partial charge in [0.15, 0.2) is 18.2 Å². The second-order valence-corrected chi connectivity index (χ2v) is 8.99. The van der Waals surface area contributed by atoms with E-state index in [1.165, 1.54) is 6.07 Å². The van der Waals surface area contributed by atoms with Crippen molar-refractivity contribution in [3.8, 4) is 5.75 Å². The number of nitrogens with zero attached hydrogens (tertiary/aromatic N) is 3. The molecule has 1 saturated heterocycles. The van der Waals surface area contributed by atoms with Gasteiger partial charge in [-0.2, -0.15) is 0 Å². The van der Waals surface area contributed by atoms with Gasteiger partial charge in [-0.3, -0.25) is 9.59 Å². The Morgan fingerprint density at radius 2 is 2.03 bits per heavy atom. The van der Waals surface area contributed by atoms with E-state index in [1.54, 1.807) is 22.8 Å². The molecule has 170 valence electrons. The van der Waals surface area contributed by atoms with E-state index in [0.717, 1.165) is 42.7 Å². The van der Waals surface area contributed by atoms with Crippen LogP contribution in [0.15, 0.2) is 41.2 Å². The van der Waals surface area contributed by atoms with Gasteiger partial charge in [-0.05, 0) is 48.7 Å². The lowest BCUT2D eigenvalue weighted by Gasteiger charge is -2.21. The second kappa shape index (κ2) is 7.93. The van der Waals surface area contributed by atoms with E-state index in [2.05, 4.69) is 20.5 Å². The number of carbonyl (C=O) groups excluding carboxylic acids is 1. The molecule has 1 amide bonds. The molecule has 3 aliphatic rings. The first-order chi connectivity index (χ1) is 16.0. The molecule has 3 aliphatic heterocycles. The molecule has 0 aliphatic carbocycles. The van der Waals surface area contributed by atoms with Gasteiger partial charge in [0.2, 0.25) is 0 Å². The van der Waals surface area contributed by atoms with Crippen molar-refractivity contribution >= 4 is 22.6 Å². The van der Waals surface area contributed by atoms with Crippen LogP contribution >= 0.6 is 0 Å². The van der Waals surface area contributed by atoms with Gasteiger partial charge in [0.1, 0.15) is 5.82 Å². The summed E-state index contributed by atoms with van der Waals surface area (Å²) in [6.07, 6.45) is 0.983. The quantitative estimate of drug-likeness (QED) is 0.618. The van der Waals surface area contributed by atoms with Crippen molar-refractivity contribution in [1.29, 1.82) is 0 Å². The molecular formula is C24H24FN5O3. The lowest BCUT2D eigenvalue weighted by atomic mass is 9.98. The number of benzene rings is 1. The molecule has 3 aromatic rings. The van der Waals surface area contributed by atoms with Crippen molar-refractivity contribution in [1.82, 2.24) is 19.8 Å². The number of hydrogen-bond acceptors (Lipinski definition) is 6. The number of carbonyl (C=O) groups is 1. The topological polar surface area (TPSA) is 88.5 Å². The summed E-state index contributed by atoms with van der Waals surface area (Å²) in [5.74, 6) is 0.589. The molecular weight excluding hydrogens is 425 g/mol. The van der Waals surface area contributed by atoms with Gasteiger partial charge in [-0.15, -0.1) is 0 Å². The molecule has 8 nitrogen and oxygen atoms in total. The number of ether oxygens (including phenoxy) is 1. The highest BCUT2D eigenvalue weighted by Gasteiger charge is 2.32. The summed E-state index contributed by atoms with van der Waals surface area (Å²) in [5, 5.41) is 7.19. The number of halogens is 1. The third-order valence-electron chi connectivity index (χ3n) is 6.80. The molecule has 0 radical (unpaired) electrons. The molecule has 5 heterocycles. The Balaban J connectivity index is 1.10. The number of fused-ring (bicyclic) bond motifs is 1. The molecule has 1 aromatic carbocycles. The predicted octanol–water partition coefficient (Wildman–Crippen LogP) is 1.83. The van der Waals surface area contributed by atoms with Gasteiger partial charge in [0, 0.05) is 49.8 Å². The fourth-order valence-corrected chi connectivity index (χ4v) is 5.26. The van der Waals surface area contributed by atoms with Crippen molar-refractivity contribution in [2.45, 2.75) is 31.5 Å².